The summed E-state index contributed by atoms with van der Waals surface area (Å²) >= 11 is 3.42. The maximum absolute atomic E-state index is 5.38. The van der Waals surface area contributed by atoms with Gasteiger partial charge >= 0.3 is 23.1 Å². The van der Waals surface area contributed by atoms with Crippen LogP contribution < -0.4 is 0 Å². The smallest absolute Gasteiger partial charge is 0.316 e. The number of halogens is 1. The number of hydrogen-bond donors (Lipinski definition) is 0. The Morgan fingerprint density at radius 3 is 1.82 bits per heavy atom. The van der Waals surface area contributed by atoms with Crippen molar-refractivity contribution in [2.24, 2.45) is 0 Å². The van der Waals surface area contributed by atoms with Crippen molar-refractivity contribution in [3.05, 3.63) is 0 Å². The first kappa shape index (κ1) is 14.9. The predicted molar refractivity (Wildman–Crippen MR) is 57.9 cm³/mol. The molecule has 0 N–H and O–H groups in total. The summed E-state index contributed by atoms with van der Waals surface area (Å²) < 4.78 is 10.3. The lowest BCUT2D eigenvalue weighted by Gasteiger charge is -2.25. The van der Waals surface area contributed by atoms with E-state index in [2.05, 4.69) is 22.5 Å². The van der Waals surface area contributed by atoms with Gasteiger partial charge in [0.2, 0.25) is 0 Å². The fourth-order valence-electron chi connectivity index (χ4n) is 0.677. The average Bonchev–Trinajstić information content (AvgIpc) is 1.89. The van der Waals surface area contributed by atoms with Gasteiger partial charge in [0, 0.05) is 13.2 Å². The molecule has 0 aliphatic rings. The van der Waals surface area contributed by atoms with Crippen molar-refractivity contribution < 1.29 is 9.47 Å². The van der Waals surface area contributed by atoms with Crippen LogP contribution in [0.5, 0.6) is 0 Å². The van der Waals surface area contributed by atoms with Crippen LogP contribution in [0.25, 0.3) is 0 Å². The largest absolute Gasteiger partial charge is 0.345 e. The van der Waals surface area contributed by atoms with E-state index < -0.39 is 4.32 Å². The van der Waals surface area contributed by atoms with E-state index in [4.69, 9.17) is 9.47 Å². The summed E-state index contributed by atoms with van der Waals surface area (Å²) in [5.41, 5.74) is 0. The average molecular weight is 253 g/mol. The Labute approximate surface area is 95.5 Å². The lowest BCUT2D eigenvalue weighted by atomic mass is 10.8. The highest BCUT2D eigenvalue weighted by atomic mass is 79.9. The van der Waals surface area contributed by atoms with E-state index in [0.717, 1.165) is 0 Å². The fourth-order valence-corrected chi connectivity index (χ4v) is 1.95. The Balaban J connectivity index is 0. The van der Waals surface area contributed by atoms with Gasteiger partial charge in [-0.1, -0.05) is 6.55 Å². The van der Waals surface area contributed by atoms with Crippen LogP contribution in [0.4, 0.5) is 0 Å². The van der Waals surface area contributed by atoms with E-state index >= 15 is 0 Å². The lowest BCUT2D eigenvalue weighted by molar-refractivity contribution is -0.104. The molecule has 0 aromatic carbocycles. The third-order valence-electron chi connectivity index (χ3n) is 1.14. The van der Waals surface area contributed by atoms with E-state index in [1.165, 1.54) is 0 Å². The normalized spacial score (nSPS) is 12.0. The molecule has 0 aliphatic carbocycles. The highest BCUT2D eigenvalue weighted by molar-refractivity contribution is 9.10. The summed E-state index contributed by atoms with van der Waals surface area (Å²) in [7, 11) is -0.318. The number of ether oxygens (including phenoxy) is 2. The zero-order valence-electron chi connectivity index (χ0n) is 6.82. The minimum atomic E-state index is -0.406. The molecule has 5 heteroatoms. The second-order valence-electron chi connectivity index (χ2n) is 1.88. The molecule has 2 nitrogen and oxygen atoms in total. The van der Waals surface area contributed by atoms with Gasteiger partial charge in [-0.3, -0.25) is 0 Å². The SMILES string of the molecule is CCOC(Br)(OCC)[SiH2]C.[MgH2]. The maximum Gasteiger partial charge on any atom is 0.316 e. The minimum absolute atomic E-state index is 0. The van der Waals surface area contributed by atoms with Gasteiger partial charge in [-0.2, -0.15) is 0 Å². The van der Waals surface area contributed by atoms with Crippen LogP contribution in [0.2, 0.25) is 6.55 Å². The van der Waals surface area contributed by atoms with Crippen molar-refractivity contribution in [2.75, 3.05) is 13.2 Å². The molecule has 0 fully saturated rings. The number of hydrogen-bond acceptors (Lipinski definition) is 2. The van der Waals surface area contributed by atoms with Gasteiger partial charge in [-0.05, 0) is 29.8 Å². The first-order chi connectivity index (χ1) is 4.68. The highest BCUT2D eigenvalue weighted by Crippen LogP contribution is 2.19. The van der Waals surface area contributed by atoms with Crippen LogP contribution >= 0.6 is 15.9 Å². The molecular weight excluding hydrogens is 236 g/mol. The second-order valence-corrected chi connectivity index (χ2v) is 5.76. The molecule has 0 aromatic heterocycles. The minimum Gasteiger partial charge on any atom is -0.345 e. The van der Waals surface area contributed by atoms with Gasteiger partial charge in [0.05, 0.1) is 0 Å². The third-order valence-corrected chi connectivity index (χ3v) is 4.53. The van der Waals surface area contributed by atoms with E-state index in [0.29, 0.717) is 13.2 Å². The summed E-state index contributed by atoms with van der Waals surface area (Å²) in [6.45, 7) is 7.50. The van der Waals surface area contributed by atoms with Crippen LogP contribution in [0.1, 0.15) is 13.8 Å². The Morgan fingerprint density at radius 2 is 1.64 bits per heavy atom. The molecule has 0 saturated heterocycles. The monoisotopic (exact) mass is 252 g/mol. The maximum atomic E-state index is 5.38. The molecule has 0 saturated carbocycles. The van der Waals surface area contributed by atoms with E-state index in [9.17, 15) is 0 Å². The van der Waals surface area contributed by atoms with Gasteiger partial charge in [-0.15, -0.1) is 0 Å². The standard InChI is InChI=1S/C6H15BrO2Si.Mg.2H/c1-4-8-6(7,10-3)9-5-2;;;/h4-5,10H2,1-3H3;;;. The number of rotatable bonds is 5. The summed E-state index contributed by atoms with van der Waals surface area (Å²) in [6, 6.07) is 0. The first-order valence-electron chi connectivity index (χ1n) is 3.65. The zero-order chi connectivity index (χ0) is 8.04. The van der Waals surface area contributed by atoms with Crippen molar-refractivity contribution >= 4 is 48.5 Å². The molecular formula is C6H17BrMgO2Si. The third kappa shape index (κ3) is 6.54. The Bertz CT molecular complexity index is 88.7. The summed E-state index contributed by atoms with van der Waals surface area (Å²) in [4.78, 5) is 0. The molecule has 0 aliphatic heterocycles. The van der Waals surface area contributed by atoms with Crippen LogP contribution in [-0.4, -0.2) is 50.1 Å². The topological polar surface area (TPSA) is 18.5 Å². The quantitative estimate of drug-likeness (QED) is 0.400. The van der Waals surface area contributed by atoms with Crippen LogP contribution in [0.3, 0.4) is 0 Å². The van der Waals surface area contributed by atoms with Gasteiger partial charge < -0.3 is 9.47 Å². The molecule has 0 unspecified atom stereocenters. The van der Waals surface area contributed by atoms with Gasteiger partial charge in [0.1, 0.15) is 9.52 Å². The van der Waals surface area contributed by atoms with Crippen LogP contribution in [-0.2, 0) is 9.47 Å². The molecule has 0 bridgehead atoms. The highest BCUT2D eigenvalue weighted by Gasteiger charge is 2.24. The summed E-state index contributed by atoms with van der Waals surface area (Å²) in [5, 5.41) is 0. The summed E-state index contributed by atoms with van der Waals surface area (Å²) in [5.74, 6) is 0. The van der Waals surface area contributed by atoms with Crippen LogP contribution in [0.15, 0.2) is 0 Å². The Morgan fingerprint density at radius 1 is 1.27 bits per heavy atom. The molecule has 0 rings (SSSR count). The van der Waals surface area contributed by atoms with Crippen molar-refractivity contribution in [3.63, 3.8) is 0 Å². The molecule has 0 radical (unpaired) electrons. The molecule has 0 spiro atoms. The van der Waals surface area contributed by atoms with Gasteiger partial charge in [-0.25, -0.2) is 0 Å². The Hall–Kier alpha value is 1.38. The van der Waals surface area contributed by atoms with Crippen LogP contribution in [0, 0.1) is 0 Å². The van der Waals surface area contributed by atoms with E-state index in [1.807, 2.05) is 13.8 Å². The van der Waals surface area contributed by atoms with Crippen molar-refractivity contribution in [1.82, 2.24) is 0 Å². The van der Waals surface area contributed by atoms with Gasteiger partial charge in [0.25, 0.3) is 0 Å². The Kier molecular flexibility index (Phi) is 10.8. The molecule has 0 atom stereocenters. The second kappa shape index (κ2) is 8.00. The van der Waals surface area contributed by atoms with Crippen molar-refractivity contribution in [1.29, 1.82) is 0 Å². The summed E-state index contributed by atoms with van der Waals surface area (Å²) in [6.07, 6.45) is 0. The first-order valence-corrected chi connectivity index (χ1v) is 6.56. The predicted octanol–water partition coefficient (Wildman–Crippen LogP) is 0.366. The van der Waals surface area contributed by atoms with Gasteiger partial charge in [0.15, 0.2) is 4.32 Å². The molecule has 11 heavy (non-hydrogen) atoms. The number of alkyl halides is 1. The van der Waals surface area contributed by atoms with Crippen molar-refractivity contribution in [2.45, 2.75) is 24.7 Å². The van der Waals surface area contributed by atoms with Crippen molar-refractivity contribution in [3.8, 4) is 0 Å². The molecule has 0 amide bonds. The lowest BCUT2D eigenvalue weighted by Crippen LogP contribution is -2.34. The van der Waals surface area contributed by atoms with E-state index in [1.54, 1.807) is 0 Å². The molecule has 0 aromatic rings. The fraction of sp³-hybridized carbons (Fsp3) is 1.00. The molecule has 0 heterocycles. The van der Waals surface area contributed by atoms with E-state index in [-0.39, 0.29) is 32.6 Å². The zero-order valence-corrected chi connectivity index (χ0v) is 9.82. The molecule has 66 valence electrons.